The van der Waals surface area contributed by atoms with E-state index in [0.717, 1.165) is 46.2 Å². The van der Waals surface area contributed by atoms with Gasteiger partial charge in [-0.1, -0.05) is 86.1 Å². The minimum absolute atomic E-state index is 0.222. The number of para-hydroxylation sites is 3. The zero-order valence-corrected chi connectivity index (χ0v) is 19.5. The van der Waals surface area contributed by atoms with Gasteiger partial charge in [0.2, 0.25) is 0 Å². The first kappa shape index (κ1) is 22.1. The fourth-order valence-corrected chi connectivity index (χ4v) is 5.20. The molecular formula is C31H30O3. The van der Waals surface area contributed by atoms with Crippen molar-refractivity contribution in [2.45, 2.75) is 45.4 Å². The van der Waals surface area contributed by atoms with Gasteiger partial charge in [-0.05, 0) is 56.5 Å². The average molecular weight is 451 g/mol. The molecule has 0 aliphatic heterocycles. The number of rotatable bonds is 2. The highest BCUT2D eigenvalue weighted by Gasteiger charge is 2.18. The maximum absolute atomic E-state index is 11.2. The van der Waals surface area contributed by atoms with Crippen LogP contribution in [-0.4, -0.2) is 15.3 Å². The van der Waals surface area contributed by atoms with E-state index in [2.05, 4.69) is 25.1 Å². The second-order valence-corrected chi connectivity index (χ2v) is 9.29. The van der Waals surface area contributed by atoms with E-state index in [4.69, 9.17) is 0 Å². The highest BCUT2D eigenvalue weighted by molar-refractivity contribution is 5.53. The van der Waals surface area contributed by atoms with Crippen LogP contribution in [0.4, 0.5) is 0 Å². The zero-order valence-electron chi connectivity index (χ0n) is 19.5. The molecular weight excluding hydrogens is 420 g/mol. The molecule has 0 saturated heterocycles. The SMILES string of the molecule is CCCc1c2cccc1Cc1cccc(c1O)Cc1cccc(c1O)Cc1cccc(c1O)C2. The van der Waals surface area contributed by atoms with Gasteiger partial charge in [0.1, 0.15) is 17.2 Å². The van der Waals surface area contributed by atoms with Crippen LogP contribution in [0.2, 0.25) is 0 Å². The summed E-state index contributed by atoms with van der Waals surface area (Å²) in [5.41, 5.74) is 8.63. The summed E-state index contributed by atoms with van der Waals surface area (Å²) < 4.78 is 0. The molecule has 0 saturated carbocycles. The van der Waals surface area contributed by atoms with E-state index in [1.54, 1.807) is 0 Å². The molecule has 0 spiro atoms. The van der Waals surface area contributed by atoms with Crippen molar-refractivity contribution in [1.82, 2.24) is 0 Å². The van der Waals surface area contributed by atoms with Crippen molar-refractivity contribution in [1.29, 1.82) is 0 Å². The summed E-state index contributed by atoms with van der Waals surface area (Å²) in [5.74, 6) is 0.824. The Morgan fingerprint density at radius 2 is 0.735 bits per heavy atom. The summed E-state index contributed by atoms with van der Waals surface area (Å²) in [7, 11) is 0. The molecule has 4 aromatic carbocycles. The van der Waals surface area contributed by atoms with Crippen LogP contribution in [0.5, 0.6) is 17.2 Å². The fourth-order valence-electron chi connectivity index (χ4n) is 5.20. The van der Waals surface area contributed by atoms with Crippen molar-refractivity contribution in [3.63, 3.8) is 0 Å². The lowest BCUT2D eigenvalue weighted by Crippen LogP contribution is -2.04. The highest BCUT2D eigenvalue weighted by atomic mass is 16.3. The lowest BCUT2D eigenvalue weighted by Gasteiger charge is -2.18. The number of fused-ring (bicyclic) bond motifs is 8. The van der Waals surface area contributed by atoms with Crippen molar-refractivity contribution in [3.05, 3.63) is 123 Å². The third-order valence-corrected chi connectivity index (χ3v) is 7.00. The van der Waals surface area contributed by atoms with Crippen LogP contribution in [-0.2, 0) is 32.1 Å². The Balaban J connectivity index is 1.72. The molecule has 4 aromatic rings. The molecule has 172 valence electrons. The van der Waals surface area contributed by atoms with E-state index in [1.807, 2.05) is 54.6 Å². The van der Waals surface area contributed by atoms with Crippen LogP contribution in [0.3, 0.4) is 0 Å². The maximum atomic E-state index is 11.2. The van der Waals surface area contributed by atoms with Crippen LogP contribution >= 0.6 is 0 Å². The summed E-state index contributed by atoms with van der Waals surface area (Å²) in [6.45, 7) is 2.18. The molecule has 0 unspecified atom stereocenters. The summed E-state index contributed by atoms with van der Waals surface area (Å²) in [6.07, 6.45) is 4.13. The molecule has 1 aliphatic rings. The van der Waals surface area contributed by atoms with Crippen LogP contribution in [0.15, 0.2) is 72.8 Å². The predicted molar refractivity (Wildman–Crippen MR) is 136 cm³/mol. The smallest absolute Gasteiger partial charge is 0.122 e. The Morgan fingerprint density at radius 3 is 1.03 bits per heavy atom. The molecule has 0 fully saturated rings. The quantitative estimate of drug-likeness (QED) is 0.290. The lowest BCUT2D eigenvalue weighted by molar-refractivity contribution is 0.454. The molecule has 3 nitrogen and oxygen atoms in total. The fraction of sp³-hybridized carbons (Fsp3) is 0.226. The average Bonchev–Trinajstić information content (AvgIpc) is 2.83. The predicted octanol–water partition coefficient (Wildman–Crippen LogP) is 6.43. The van der Waals surface area contributed by atoms with Gasteiger partial charge in [-0.2, -0.15) is 0 Å². The minimum Gasteiger partial charge on any atom is -0.507 e. The minimum atomic E-state index is 0.222. The van der Waals surface area contributed by atoms with Crippen LogP contribution in [0, 0.1) is 0 Å². The molecule has 3 N–H and O–H groups in total. The summed E-state index contributed by atoms with van der Waals surface area (Å²) in [6, 6.07) is 23.9. The lowest BCUT2D eigenvalue weighted by atomic mass is 9.88. The second-order valence-electron chi connectivity index (χ2n) is 9.29. The topological polar surface area (TPSA) is 60.7 Å². The standard InChI is InChI=1S/C31H30O3/c1-2-7-28-20-8-3-9-21(28)17-23-11-5-13-25(30(23)33)19-27-15-6-14-26(31(27)34)18-24-12-4-10-22(16-20)29(24)32/h3-6,8-15,32-34H,2,7,16-19H2,1H3. The van der Waals surface area contributed by atoms with Crippen molar-refractivity contribution in [2.24, 2.45) is 0 Å². The number of benzene rings is 4. The molecule has 8 bridgehead atoms. The van der Waals surface area contributed by atoms with E-state index in [-0.39, 0.29) is 5.75 Å². The van der Waals surface area contributed by atoms with E-state index in [0.29, 0.717) is 37.2 Å². The number of hydrogen-bond donors (Lipinski definition) is 3. The summed E-state index contributed by atoms with van der Waals surface area (Å²) >= 11 is 0. The molecule has 0 amide bonds. The molecule has 3 heteroatoms. The van der Waals surface area contributed by atoms with Gasteiger partial charge in [0, 0.05) is 25.7 Å². The van der Waals surface area contributed by atoms with Crippen molar-refractivity contribution in [3.8, 4) is 17.2 Å². The number of hydrogen-bond acceptors (Lipinski definition) is 3. The Bertz CT molecular complexity index is 1260. The first-order valence-corrected chi connectivity index (χ1v) is 12.0. The van der Waals surface area contributed by atoms with Gasteiger partial charge in [-0.3, -0.25) is 0 Å². The molecule has 34 heavy (non-hydrogen) atoms. The van der Waals surface area contributed by atoms with Crippen molar-refractivity contribution < 1.29 is 15.3 Å². The first-order chi connectivity index (χ1) is 16.5. The van der Waals surface area contributed by atoms with Crippen LogP contribution in [0.1, 0.15) is 63.4 Å². The zero-order chi connectivity index (χ0) is 23.7. The van der Waals surface area contributed by atoms with E-state index >= 15 is 0 Å². The number of aromatic hydroxyl groups is 3. The molecule has 0 heterocycles. The van der Waals surface area contributed by atoms with Gasteiger partial charge >= 0.3 is 0 Å². The Labute approximate surface area is 201 Å². The highest BCUT2D eigenvalue weighted by Crippen LogP contribution is 2.35. The molecule has 1 aliphatic carbocycles. The Hall–Kier alpha value is -3.72. The van der Waals surface area contributed by atoms with Gasteiger partial charge in [0.15, 0.2) is 0 Å². The van der Waals surface area contributed by atoms with E-state index in [9.17, 15) is 15.3 Å². The van der Waals surface area contributed by atoms with Gasteiger partial charge in [0.05, 0.1) is 0 Å². The number of phenols is 3. The molecule has 0 aromatic heterocycles. The normalized spacial score (nSPS) is 13.0. The van der Waals surface area contributed by atoms with Gasteiger partial charge in [-0.25, -0.2) is 0 Å². The molecule has 0 atom stereocenters. The van der Waals surface area contributed by atoms with Gasteiger partial charge in [-0.15, -0.1) is 0 Å². The van der Waals surface area contributed by atoms with E-state index in [1.165, 1.54) is 16.7 Å². The van der Waals surface area contributed by atoms with Gasteiger partial charge < -0.3 is 15.3 Å². The van der Waals surface area contributed by atoms with Gasteiger partial charge in [0.25, 0.3) is 0 Å². The number of phenolic OH excluding ortho intramolecular Hbond substituents is 3. The Kier molecular flexibility index (Phi) is 6.02. The van der Waals surface area contributed by atoms with Crippen LogP contribution in [0.25, 0.3) is 0 Å². The molecule has 5 rings (SSSR count). The first-order valence-electron chi connectivity index (χ1n) is 12.0. The second kappa shape index (κ2) is 9.26. The van der Waals surface area contributed by atoms with Crippen molar-refractivity contribution in [2.75, 3.05) is 0 Å². The third-order valence-electron chi connectivity index (χ3n) is 7.00. The van der Waals surface area contributed by atoms with E-state index < -0.39 is 0 Å². The third kappa shape index (κ3) is 4.14. The van der Waals surface area contributed by atoms with Crippen LogP contribution < -0.4 is 0 Å². The largest absolute Gasteiger partial charge is 0.507 e. The molecule has 0 radical (unpaired) electrons. The Morgan fingerprint density at radius 1 is 0.471 bits per heavy atom. The summed E-state index contributed by atoms with van der Waals surface area (Å²) in [5, 5.41) is 33.4. The maximum Gasteiger partial charge on any atom is 0.122 e. The summed E-state index contributed by atoms with van der Waals surface area (Å²) in [4.78, 5) is 0. The van der Waals surface area contributed by atoms with Crippen molar-refractivity contribution >= 4 is 0 Å². The monoisotopic (exact) mass is 450 g/mol.